The van der Waals surface area contributed by atoms with Crippen LogP contribution in [-0.2, 0) is 9.53 Å². The highest BCUT2D eigenvalue weighted by Crippen LogP contribution is 2.34. The minimum Gasteiger partial charge on any atom is -0.468 e. The molecule has 13 heavy (non-hydrogen) atoms. The van der Waals surface area contributed by atoms with Gasteiger partial charge in [-0.3, -0.25) is 4.79 Å². The molecule has 0 aliphatic carbocycles. The third kappa shape index (κ3) is 4.91. The summed E-state index contributed by atoms with van der Waals surface area (Å²) in [6.45, 7) is 12.2. The van der Waals surface area contributed by atoms with Crippen molar-refractivity contribution in [2.45, 2.75) is 41.0 Å². The molecule has 0 aliphatic rings. The predicted octanol–water partition coefficient (Wildman–Crippen LogP) is 2.87. The van der Waals surface area contributed by atoms with Gasteiger partial charge in [-0.1, -0.05) is 34.6 Å². The number of rotatable bonds is 5. The van der Waals surface area contributed by atoms with E-state index >= 15 is 0 Å². The van der Waals surface area contributed by atoms with Gasteiger partial charge in [-0.15, -0.1) is 0 Å². The zero-order chi connectivity index (χ0) is 10.5. The van der Waals surface area contributed by atoms with Crippen molar-refractivity contribution in [2.24, 2.45) is 17.3 Å². The summed E-state index contributed by atoms with van der Waals surface area (Å²) in [5, 5.41) is 0. The predicted molar refractivity (Wildman–Crippen MR) is 54.4 cm³/mol. The molecule has 1 atom stereocenters. The smallest absolute Gasteiger partial charge is 0.293 e. The largest absolute Gasteiger partial charge is 0.468 e. The average Bonchev–Trinajstić information content (AvgIpc) is 1.94. The fourth-order valence-corrected chi connectivity index (χ4v) is 2.01. The Morgan fingerprint density at radius 1 is 1.31 bits per heavy atom. The minimum atomic E-state index is 0.292. The molecule has 2 heteroatoms. The van der Waals surface area contributed by atoms with Crippen molar-refractivity contribution in [3.05, 3.63) is 0 Å². The molecule has 0 radical (unpaired) electrons. The Hall–Kier alpha value is -0.530. The van der Waals surface area contributed by atoms with Crippen LogP contribution >= 0.6 is 0 Å². The van der Waals surface area contributed by atoms with Crippen molar-refractivity contribution >= 4 is 6.47 Å². The molecule has 0 aromatic rings. The number of carbonyl (C=O) groups is 1. The molecule has 0 aromatic heterocycles. The molecule has 2 nitrogen and oxygen atoms in total. The maximum absolute atomic E-state index is 9.98. The fourth-order valence-electron chi connectivity index (χ4n) is 2.01. The molecule has 0 saturated heterocycles. The van der Waals surface area contributed by atoms with E-state index in [9.17, 15) is 4.79 Å². The Balaban J connectivity index is 4.03. The normalized spacial score (nSPS) is 14.3. The molecule has 1 unspecified atom stereocenters. The summed E-state index contributed by atoms with van der Waals surface area (Å²) in [5.41, 5.74) is 0.292. The van der Waals surface area contributed by atoms with Crippen LogP contribution in [0.15, 0.2) is 0 Å². The topological polar surface area (TPSA) is 26.3 Å². The van der Waals surface area contributed by atoms with Crippen LogP contribution in [0.5, 0.6) is 0 Å². The van der Waals surface area contributed by atoms with Crippen LogP contribution in [0.25, 0.3) is 0 Å². The second kappa shape index (κ2) is 5.25. The quantitative estimate of drug-likeness (QED) is 0.487. The summed E-state index contributed by atoms with van der Waals surface area (Å²) in [6.07, 6.45) is 0.958. The number of hydrogen-bond donors (Lipinski definition) is 0. The van der Waals surface area contributed by atoms with Crippen molar-refractivity contribution < 1.29 is 9.53 Å². The zero-order valence-electron chi connectivity index (χ0n) is 9.46. The van der Waals surface area contributed by atoms with Crippen LogP contribution in [0.1, 0.15) is 41.0 Å². The Kier molecular flexibility index (Phi) is 5.04. The molecule has 0 amide bonds. The van der Waals surface area contributed by atoms with E-state index in [4.69, 9.17) is 4.74 Å². The van der Waals surface area contributed by atoms with E-state index in [2.05, 4.69) is 34.6 Å². The maximum Gasteiger partial charge on any atom is 0.293 e. The maximum atomic E-state index is 9.98. The van der Waals surface area contributed by atoms with E-state index in [-0.39, 0.29) is 0 Å². The number of hydrogen-bond acceptors (Lipinski definition) is 2. The van der Waals surface area contributed by atoms with Gasteiger partial charge in [0.2, 0.25) is 0 Å². The van der Waals surface area contributed by atoms with Crippen LogP contribution in [0.3, 0.4) is 0 Å². The van der Waals surface area contributed by atoms with Gasteiger partial charge in [-0.05, 0) is 23.7 Å². The van der Waals surface area contributed by atoms with Gasteiger partial charge >= 0.3 is 0 Å². The van der Waals surface area contributed by atoms with E-state index < -0.39 is 0 Å². The zero-order valence-corrected chi connectivity index (χ0v) is 9.46. The molecule has 0 N–H and O–H groups in total. The van der Waals surface area contributed by atoms with Gasteiger partial charge in [0, 0.05) is 0 Å². The summed E-state index contributed by atoms with van der Waals surface area (Å²) in [5.74, 6) is 1.24. The molecule has 0 aromatic carbocycles. The van der Waals surface area contributed by atoms with Crippen molar-refractivity contribution in [1.29, 1.82) is 0 Å². The standard InChI is InChI=1S/C11H22O2/c1-9(2)10(11(3,4)5)6-7-13-8-12/h8-10H,6-7H2,1-5H3. The molecule has 78 valence electrons. The lowest BCUT2D eigenvalue weighted by atomic mass is 9.73. The van der Waals surface area contributed by atoms with E-state index in [1.165, 1.54) is 0 Å². The molecule has 0 fully saturated rings. The lowest BCUT2D eigenvalue weighted by molar-refractivity contribution is -0.129. The molecule has 0 saturated carbocycles. The third-order valence-electron chi connectivity index (χ3n) is 2.53. The van der Waals surface area contributed by atoms with Gasteiger partial charge in [0.1, 0.15) is 0 Å². The Bertz CT molecular complexity index is 145. The van der Waals surface area contributed by atoms with Crippen molar-refractivity contribution in [2.75, 3.05) is 6.61 Å². The highest BCUT2D eigenvalue weighted by Gasteiger charge is 2.26. The molecule has 0 rings (SSSR count). The first-order chi connectivity index (χ1) is 5.89. The Morgan fingerprint density at radius 3 is 2.15 bits per heavy atom. The van der Waals surface area contributed by atoms with Gasteiger partial charge in [0.05, 0.1) is 6.61 Å². The molecule has 0 spiro atoms. The third-order valence-corrected chi connectivity index (χ3v) is 2.53. The van der Waals surface area contributed by atoms with Gasteiger partial charge in [0.25, 0.3) is 6.47 Å². The Morgan fingerprint density at radius 2 is 1.85 bits per heavy atom. The SMILES string of the molecule is CC(C)C(CCOC=O)C(C)(C)C. The lowest BCUT2D eigenvalue weighted by Gasteiger charge is -2.33. The van der Waals surface area contributed by atoms with E-state index in [0.717, 1.165) is 6.42 Å². The van der Waals surface area contributed by atoms with E-state index in [1.807, 2.05) is 0 Å². The lowest BCUT2D eigenvalue weighted by Crippen LogP contribution is -2.26. The van der Waals surface area contributed by atoms with Crippen LogP contribution < -0.4 is 0 Å². The number of carbonyl (C=O) groups excluding carboxylic acids is 1. The second-order valence-electron chi connectivity index (χ2n) is 4.97. The first kappa shape index (κ1) is 12.5. The van der Waals surface area contributed by atoms with Crippen LogP contribution in [0.4, 0.5) is 0 Å². The highest BCUT2D eigenvalue weighted by atomic mass is 16.5. The van der Waals surface area contributed by atoms with Crippen molar-refractivity contribution in [1.82, 2.24) is 0 Å². The van der Waals surface area contributed by atoms with Crippen molar-refractivity contribution in [3.63, 3.8) is 0 Å². The summed E-state index contributed by atoms with van der Waals surface area (Å²) in [4.78, 5) is 9.98. The monoisotopic (exact) mass is 186 g/mol. The second-order valence-corrected chi connectivity index (χ2v) is 4.97. The van der Waals surface area contributed by atoms with Crippen LogP contribution in [0.2, 0.25) is 0 Å². The summed E-state index contributed by atoms with van der Waals surface area (Å²) in [7, 11) is 0. The molecular weight excluding hydrogens is 164 g/mol. The first-order valence-electron chi connectivity index (χ1n) is 4.95. The molecular formula is C11H22O2. The van der Waals surface area contributed by atoms with Gasteiger partial charge in [-0.2, -0.15) is 0 Å². The molecule has 0 bridgehead atoms. The van der Waals surface area contributed by atoms with Crippen LogP contribution in [-0.4, -0.2) is 13.1 Å². The van der Waals surface area contributed by atoms with Crippen molar-refractivity contribution in [3.8, 4) is 0 Å². The minimum absolute atomic E-state index is 0.292. The van der Waals surface area contributed by atoms with E-state index in [1.54, 1.807) is 0 Å². The van der Waals surface area contributed by atoms with E-state index in [0.29, 0.717) is 30.3 Å². The summed E-state index contributed by atoms with van der Waals surface area (Å²) >= 11 is 0. The summed E-state index contributed by atoms with van der Waals surface area (Å²) < 4.78 is 4.73. The Labute approximate surface area is 81.7 Å². The first-order valence-corrected chi connectivity index (χ1v) is 4.95. The fraction of sp³-hybridized carbons (Fsp3) is 0.909. The van der Waals surface area contributed by atoms with Crippen LogP contribution in [0, 0.1) is 17.3 Å². The average molecular weight is 186 g/mol. The highest BCUT2D eigenvalue weighted by molar-refractivity contribution is 5.36. The number of ether oxygens (including phenoxy) is 1. The van der Waals surface area contributed by atoms with Gasteiger partial charge in [0.15, 0.2) is 0 Å². The molecule has 0 heterocycles. The van der Waals surface area contributed by atoms with Gasteiger partial charge < -0.3 is 4.74 Å². The summed E-state index contributed by atoms with van der Waals surface area (Å²) in [6, 6.07) is 0. The van der Waals surface area contributed by atoms with Gasteiger partial charge in [-0.25, -0.2) is 0 Å². The molecule has 0 aliphatic heterocycles.